The number of nitrogens with one attached hydrogen (secondary N) is 1. The topological polar surface area (TPSA) is 84.9 Å². The molecule has 0 aromatic carbocycles. The van der Waals surface area contributed by atoms with Crippen molar-refractivity contribution in [1.82, 2.24) is 5.32 Å². The Labute approximate surface area is 125 Å². The van der Waals surface area contributed by atoms with Crippen molar-refractivity contribution in [3.8, 4) is 0 Å². The molecule has 21 heavy (non-hydrogen) atoms. The Kier molecular flexibility index (Phi) is 7.82. The van der Waals surface area contributed by atoms with E-state index in [0.29, 0.717) is 24.0 Å². The largest absolute Gasteiger partial charge is 0.460 e. The Balaban J connectivity index is 2.04. The van der Waals surface area contributed by atoms with E-state index in [1.165, 1.54) is 0 Å². The van der Waals surface area contributed by atoms with Gasteiger partial charge in [0.2, 0.25) is 0 Å². The lowest BCUT2D eigenvalue weighted by molar-refractivity contribution is -0.138. The SMILES string of the molecule is C=C(C)C(=O)OCCNC(=O)OCC1CCC(CO)CC1. The van der Waals surface area contributed by atoms with Crippen molar-refractivity contribution >= 4 is 12.1 Å². The first kappa shape index (κ1) is 17.5. The van der Waals surface area contributed by atoms with Crippen molar-refractivity contribution in [3.05, 3.63) is 12.2 Å². The van der Waals surface area contributed by atoms with Crippen molar-refractivity contribution in [2.45, 2.75) is 32.6 Å². The minimum Gasteiger partial charge on any atom is -0.460 e. The molecule has 0 spiro atoms. The number of carbonyl (C=O) groups excluding carboxylic acids is 2. The lowest BCUT2D eigenvalue weighted by Crippen LogP contribution is -2.31. The smallest absolute Gasteiger partial charge is 0.407 e. The summed E-state index contributed by atoms with van der Waals surface area (Å²) in [5.41, 5.74) is 0.330. The zero-order chi connectivity index (χ0) is 15.7. The molecule has 6 heteroatoms. The summed E-state index contributed by atoms with van der Waals surface area (Å²) in [7, 11) is 0. The van der Waals surface area contributed by atoms with Gasteiger partial charge in [0.15, 0.2) is 0 Å². The van der Waals surface area contributed by atoms with Crippen LogP contribution < -0.4 is 5.32 Å². The van der Waals surface area contributed by atoms with Crippen molar-refractivity contribution < 1.29 is 24.2 Å². The van der Waals surface area contributed by atoms with E-state index in [4.69, 9.17) is 14.6 Å². The highest BCUT2D eigenvalue weighted by atomic mass is 16.6. The second kappa shape index (κ2) is 9.39. The molecule has 6 nitrogen and oxygen atoms in total. The number of ether oxygens (including phenoxy) is 2. The fraction of sp³-hybridized carbons (Fsp3) is 0.733. The van der Waals surface area contributed by atoms with Gasteiger partial charge < -0.3 is 19.9 Å². The molecular weight excluding hydrogens is 274 g/mol. The number of amides is 1. The van der Waals surface area contributed by atoms with Gasteiger partial charge in [-0.25, -0.2) is 9.59 Å². The van der Waals surface area contributed by atoms with Gasteiger partial charge in [-0.3, -0.25) is 0 Å². The molecule has 0 heterocycles. The second-order valence-corrected chi connectivity index (χ2v) is 5.51. The summed E-state index contributed by atoms with van der Waals surface area (Å²) in [5, 5.41) is 11.6. The predicted octanol–water partition coefficient (Wildman–Crippen LogP) is 1.63. The summed E-state index contributed by atoms with van der Waals surface area (Å²) >= 11 is 0. The molecule has 1 aliphatic rings. The molecule has 1 saturated carbocycles. The molecule has 1 aliphatic carbocycles. The van der Waals surface area contributed by atoms with E-state index >= 15 is 0 Å². The van der Waals surface area contributed by atoms with E-state index < -0.39 is 12.1 Å². The molecule has 0 saturated heterocycles. The molecule has 1 rings (SSSR count). The minimum atomic E-state index is -0.495. The van der Waals surface area contributed by atoms with Crippen LogP contribution in [0.15, 0.2) is 12.2 Å². The predicted molar refractivity (Wildman–Crippen MR) is 77.7 cm³/mol. The number of aliphatic hydroxyl groups excluding tert-OH is 1. The van der Waals surface area contributed by atoms with Crippen LogP contribution in [0.4, 0.5) is 4.79 Å². The maximum atomic E-state index is 11.5. The third kappa shape index (κ3) is 7.13. The van der Waals surface area contributed by atoms with Crippen LogP contribution in [0, 0.1) is 11.8 Å². The van der Waals surface area contributed by atoms with Gasteiger partial charge in [-0.05, 0) is 44.4 Å². The van der Waals surface area contributed by atoms with Gasteiger partial charge in [0.05, 0.1) is 13.2 Å². The average Bonchev–Trinajstić information content (AvgIpc) is 2.49. The summed E-state index contributed by atoms with van der Waals surface area (Å²) < 4.78 is 9.97. The normalized spacial score (nSPS) is 21.4. The third-order valence-electron chi connectivity index (χ3n) is 3.63. The highest BCUT2D eigenvalue weighted by Crippen LogP contribution is 2.28. The third-order valence-corrected chi connectivity index (χ3v) is 3.63. The number of esters is 1. The molecule has 0 bridgehead atoms. The van der Waals surface area contributed by atoms with Crippen molar-refractivity contribution in [3.63, 3.8) is 0 Å². The maximum absolute atomic E-state index is 11.5. The monoisotopic (exact) mass is 299 g/mol. The molecule has 0 aliphatic heterocycles. The Hall–Kier alpha value is -1.56. The van der Waals surface area contributed by atoms with Gasteiger partial charge in [0.1, 0.15) is 6.61 Å². The first-order valence-corrected chi connectivity index (χ1v) is 7.37. The van der Waals surface area contributed by atoms with E-state index in [2.05, 4.69) is 11.9 Å². The average molecular weight is 299 g/mol. The fourth-order valence-electron chi connectivity index (χ4n) is 2.25. The quantitative estimate of drug-likeness (QED) is 0.424. The van der Waals surface area contributed by atoms with E-state index in [9.17, 15) is 9.59 Å². The molecule has 1 amide bonds. The zero-order valence-electron chi connectivity index (χ0n) is 12.6. The summed E-state index contributed by atoms with van der Waals surface area (Å²) in [6, 6.07) is 0. The van der Waals surface area contributed by atoms with Gasteiger partial charge in [-0.2, -0.15) is 0 Å². The Morgan fingerprint density at radius 3 is 2.38 bits per heavy atom. The van der Waals surface area contributed by atoms with Crippen molar-refractivity contribution in [2.24, 2.45) is 11.8 Å². The summed E-state index contributed by atoms with van der Waals surface area (Å²) in [5.74, 6) is 0.309. The standard InChI is InChI=1S/C15H25NO5/c1-11(2)14(18)20-8-7-16-15(19)21-10-13-5-3-12(9-17)4-6-13/h12-13,17H,1,3-10H2,2H3,(H,16,19). The second-order valence-electron chi connectivity index (χ2n) is 5.51. The Bertz CT molecular complexity index is 361. The van der Waals surface area contributed by atoms with Crippen LogP contribution in [0.2, 0.25) is 0 Å². The van der Waals surface area contributed by atoms with Gasteiger partial charge in [0.25, 0.3) is 0 Å². The molecule has 0 unspecified atom stereocenters. The molecular formula is C15H25NO5. The van der Waals surface area contributed by atoms with Crippen LogP contribution in [-0.2, 0) is 14.3 Å². The van der Waals surface area contributed by atoms with E-state index in [1.807, 2.05) is 0 Å². The number of rotatable bonds is 7. The Morgan fingerprint density at radius 1 is 1.19 bits per heavy atom. The Morgan fingerprint density at radius 2 is 1.81 bits per heavy atom. The highest BCUT2D eigenvalue weighted by molar-refractivity contribution is 5.86. The molecule has 120 valence electrons. The first-order chi connectivity index (χ1) is 10.0. The van der Waals surface area contributed by atoms with Crippen molar-refractivity contribution in [1.29, 1.82) is 0 Å². The minimum absolute atomic E-state index is 0.0996. The number of aliphatic hydroxyl groups is 1. The van der Waals surface area contributed by atoms with Crippen LogP contribution in [0.25, 0.3) is 0 Å². The van der Waals surface area contributed by atoms with Gasteiger partial charge in [-0.1, -0.05) is 6.58 Å². The molecule has 2 N–H and O–H groups in total. The van der Waals surface area contributed by atoms with Crippen LogP contribution in [-0.4, -0.2) is 43.5 Å². The fourth-order valence-corrected chi connectivity index (χ4v) is 2.25. The highest BCUT2D eigenvalue weighted by Gasteiger charge is 2.21. The van der Waals surface area contributed by atoms with Crippen LogP contribution >= 0.6 is 0 Å². The van der Waals surface area contributed by atoms with Crippen LogP contribution in [0.1, 0.15) is 32.6 Å². The lowest BCUT2D eigenvalue weighted by atomic mass is 9.83. The molecule has 1 fully saturated rings. The summed E-state index contributed by atoms with van der Waals surface area (Å²) in [6.07, 6.45) is 3.45. The van der Waals surface area contributed by atoms with Crippen molar-refractivity contribution in [2.75, 3.05) is 26.4 Å². The maximum Gasteiger partial charge on any atom is 0.407 e. The van der Waals surface area contributed by atoms with E-state index in [0.717, 1.165) is 25.7 Å². The van der Waals surface area contributed by atoms with E-state index in [-0.39, 0.29) is 19.8 Å². The van der Waals surface area contributed by atoms with Crippen LogP contribution in [0.3, 0.4) is 0 Å². The lowest BCUT2D eigenvalue weighted by Gasteiger charge is -2.26. The summed E-state index contributed by atoms with van der Waals surface area (Å²) in [6.45, 7) is 5.99. The molecule has 0 aromatic rings. The molecule has 0 atom stereocenters. The number of hydrogen-bond acceptors (Lipinski definition) is 5. The molecule has 0 radical (unpaired) electrons. The van der Waals surface area contributed by atoms with Gasteiger partial charge >= 0.3 is 12.1 Å². The van der Waals surface area contributed by atoms with Crippen LogP contribution in [0.5, 0.6) is 0 Å². The van der Waals surface area contributed by atoms with E-state index in [1.54, 1.807) is 6.92 Å². The summed E-state index contributed by atoms with van der Waals surface area (Å²) in [4.78, 5) is 22.5. The van der Waals surface area contributed by atoms with Gasteiger partial charge in [-0.15, -0.1) is 0 Å². The number of carbonyl (C=O) groups is 2. The number of alkyl carbamates (subject to hydrolysis) is 1. The van der Waals surface area contributed by atoms with Gasteiger partial charge in [0, 0.05) is 12.2 Å². The molecule has 0 aromatic heterocycles. The first-order valence-electron chi connectivity index (χ1n) is 7.37. The zero-order valence-corrected chi connectivity index (χ0v) is 12.6. The number of hydrogen-bond donors (Lipinski definition) is 2.